The molecule has 0 aliphatic heterocycles. The maximum atomic E-state index is 12.1. The van der Waals surface area contributed by atoms with Gasteiger partial charge in [0.05, 0.1) is 24.9 Å². The molecular weight excluding hydrogens is 336 g/mol. The quantitative estimate of drug-likeness (QED) is 0.825. The number of carbonyl (C=O) groups is 1. The molecule has 2 aromatic carbocycles. The van der Waals surface area contributed by atoms with Gasteiger partial charge in [-0.2, -0.15) is 0 Å². The summed E-state index contributed by atoms with van der Waals surface area (Å²) < 4.78 is 25.4. The molecule has 6 heteroatoms. The predicted molar refractivity (Wildman–Crippen MR) is 101 cm³/mol. The molecule has 0 unspecified atom stereocenters. The van der Waals surface area contributed by atoms with Gasteiger partial charge in [-0.25, -0.2) is 8.42 Å². The molecule has 0 aromatic heterocycles. The number of aryl methyl sites for hydroxylation is 2. The zero-order valence-corrected chi connectivity index (χ0v) is 15.6. The fourth-order valence-electron chi connectivity index (χ4n) is 2.61. The Morgan fingerprint density at radius 3 is 2.44 bits per heavy atom. The van der Waals surface area contributed by atoms with Crippen LogP contribution in [-0.2, 0) is 21.2 Å². The second kappa shape index (κ2) is 8.16. The lowest BCUT2D eigenvalue weighted by molar-refractivity contribution is -0.120. The molecule has 0 heterocycles. The van der Waals surface area contributed by atoms with Crippen LogP contribution >= 0.6 is 0 Å². The zero-order valence-electron chi connectivity index (χ0n) is 14.8. The molecular formula is C19H24N2O3S. The predicted octanol–water partition coefficient (Wildman–Crippen LogP) is 2.43. The van der Waals surface area contributed by atoms with Gasteiger partial charge in [-0.05, 0) is 42.7 Å². The highest BCUT2D eigenvalue weighted by Gasteiger charge is 2.17. The summed E-state index contributed by atoms with van der Waals surface area (Å²) >= 11 is 0. The van der Waals surface area contributed by atoms with Gasteiger partial charge in [-0.3, -0.25) is 9.10 Å². The second-order valence-electron chi connectivity index (χ2n) is 6.13. The van der Waals surface area contributed by atoms with Gasteiger partial charge in [-0.15, -0.1) is 0 Å². The Labute approximate surface area is 149 Å². The molecule has 0 aliphatic rings. The maximum Gasteiger partial charge on any atom is 0.232 e. The highest BCUT2D eigenvalue weighted by molar-refractivity contribution is 7.92. The van der Waals surface area contributed by atoms with Gasteiger partial charge in [0.25, 0.3) is 0 Å². The first-order chi connectivity index (χ1) is 11.8. The minimum absolute atomic E-state index is 0.119. The Bertz CT molecular complexity index is 847. The summed E-state index contributed by atoms with van der Waals surface area (Å²) in [4.78, 5) is 12.1. The van der Waals surface area contributed by atoms with Crippen molar-refractivity contribution in [1.82, 2.24) is 5.32 Å². The van der Waals surface area contributed by atoms with E-state index < -0.39 is 10.0 Å². The van der Waals surface area contributed by atoms with E-state index >= 15 is 0 Å². The van der Waals surface area contributed by atoms with Crippen molar-refractivity contribution in [2.24, 2.45) is 0 Å². The van der Waals surface area contributed by atoms with Gasteiger partial charge < -0.3 is 5.32 Å². The lowest BCUT2D eigenvalue weighted by atomic mass is 10.1. The van der Waals surface area contributed by atoms with Crippen LogP contribution in [0.2, 0.25) is 0 Å². The Balaban J connectivity index is 1.97. The number of hydrogen-bond acceptors (Lipinski definition) is 3. The molecule has 2 rings (SSSR count). The number of nitrogens with one attached hydrogen (secondary N) is 1. The van der Waals surface area contributed by atoms with E-state index in [9.17, 15) is 13.2 Å². The van der Waals surface area contributed by atoms with Gasteiger partial charge in [0.1, 0.15) is 0 Å². The van der Waals surface area contributed by atoms with E-state index in [4.69, 9.17) is 0 Å². The van der Waals surface area contributed by atoms with Crippen molar-refractivity contribution in [3.05, 3.63) is 65.2 Å². The van der Waals surface area contributed by atoms with Gasteiger partial charge in [0, 0.05) is 6.54 Å². The minimum atomic E-state index is -3.42. The van der Waals surface area contributed by atoms with Crippen molar-refractivity contribution in [2.75, 3.05) is 23.7 Å². The van der Waals surface area contributed by atoms with Crippen molar-refractivity contribution in [3.8, 4) is 0 Å². The SMILES string of the molecule is Cc1cccc(N(CCNC(=O)Cc2ccccc2C)S(C)(=O)=O)c1. The molecule has 2 aromatic rings. The van der Waals surface area contributed by atoms with E-state index in [0.29, 0.717) is 5.69 Å². The number of benzene rings is 2. The molecule has 0 bridgehead atoms. The van der Waals surface area contributed by atoms with Crippen LogP contribution in [0.4, 0.5) is 5.69 Å². The van der Waals surface area contributed by atoms with E-state index in [1.807, 2.05) is 56.3 Å². The van der Waals surface area contributed by atoms with Crippen molar-refractivity contribution < 1.29 is 13.2 Å². The summed E-state index contributed by atoms with van der Waals surface area (Å²) in [5.74, 6) is -0.119. The summed E-state index contributed by atoms with van der Waals surface area (Å²) in [6, 6.07) is 15.0. The van der Waals surface area contributed by atoms with Crippen LogP contribution in [0.15, 0.2) is 48.5 Å². The minimum Gasteiger partial charge on any atom is -0.354 e. The normalized spacial score (nSPS) is 11.2. The van der Waals surface area contributed by atoms with Gasteiger partial charge >= 0.3 is 0 Å². The molecule has 0 saturated carbocycles. The monoisotopic (exact) mass is 360 g/mol. The molecule has 1 amide bonds. The average Bonchev–Trinajstić information content (AvgIpc) is 2.52. The van der Waals surface area contributed by atoms with Crippen LogP contribution < -0.4 is 9.62 Å². The van der Waals surface area contributed by atoms with Gasteiger partial charge in [0.15, 0.2) is 0 Å². The van der Waals surface area contributed by atoms with Crippen molar-refractivity contribution in [1.29, 1.82) is 0 Å². The van der Waals surface area contributed by atoms with Crippen molar-refractivity contribution in [3.63, 3.8) is 0 Å². The second-order valence-corrected chi connectivity index (χ2v) is 8.03. The number of anilines is 1. The third kappa shape index (κ3) is 5.60. The highest BCUT2D eigenvalue weighted by Crippen LogP contribution is 2.18. The van der Waals surface area contributed by atoms with Crippen LogP contribution in [0.25, 0.3) is 0 Å². The van der Waals surface area contributed by atoms with E-state index in [1.54, 1.807) is 6.07 Å². The molecule has 5 nitrogen and oxygen atoms in total. The van der Waals surface area contributed by atoms with Crippen molar-refractivity contribution in [2.45, 2.75) is 20.3 Å². The third-order valence-corrected chi connectivity index (χ3v) is 5.13. The number of carbonyl (C=O) groups excluding carboxylic acids is 1. The van der Waals surface area contributed by atoms with Crippen LogP contribution in [0.3, 0.4) is 0 Å². The summed E-state index contributed by atoms with van der Waals surface area (Å²) in [6.45, 7) is 4.33. The number of nitrogens with zero attached hydrogens (tertiary/aromatic N) is 1. The van der Waals surface area contributed by atoms with E-state index in [-0.39, 0.29) is 25.4 Å². The van der Waals surface area contributed by atoms with Crippen LogP contribution in [0.5, 0.6) is 0 Å². The summed E-state index contributed by atoms with van der Waals surface area (Å²) in [5.41, 5.74) is 3.62. The van der Waals surface area contributed by atoms with Crippen molar-refractivity contribution >= 4 is 21.6 Å². The number of amides is 1. The smallest absolute Gasteiger partial charge is 0.232 e. The first-order valence-electron chi connectivity index (χ1n) is 8.13. The van der Waals surface area contributed by atoms with Gasteiger partial charge in [-0.1, -0.05) is 36.4 Å². The Kier molecular flexibility index (Phi) is 6.20. The van der Waals surface area contributed by atoms with Gasteiger partial charge in [0.2, 0.25) is 15.9 Å². The first kappa shape index (κ1) is 19.0. The third-order valence-electron chi connectivity index (χ3n) is 3.94. The molecule has 0 fully saturated rings. The fraction of sp³-hybridized carbons (Fsp3) is 0.316. The molecule has 0 spiro atoms. The average molecular weight is 360 g/mol. The lowest BCUT2D eigenvalue weighted by Crippen LogP contribution is -2.38. The summed E-state index contributed by atoms with van der Waals surface area (Å²) in [7, 11) is -3.42. The maximum absolute atomic E-state index is 12.1. The van der Waals surface area contributed by atoms with E-state index in [1.165, 1.54) is 10.6 Å². The Morgan fingerprint density at radius 2 is 1.80 bits per heavy atom. The molecule has 0 aliphatic carbocycles. The lowest BCUT2D eigenvalue weighted by Gasteiger charge is -2.23. The zero-order chi connectivity index (χ0) is 18.4. The van der Waals surface area contributed by atoms with E-state index in [0.717, 1.165) is 16.7 Å². The number of rotatable bonds is 7. The molecule has 25 heavy (non-hydrogen) atoms. The van der Waals surface area contributed by atoms with Crippen LogP contribution in [0.1, 0.15) is 16.7 Å². The van der Waals surface area contributed by atoms with Crippen LogP contribution in [0, 0.1) is 13.8 Å². The Hall–Kier alpha value is -2.34. The van der Waals surface area contributed by atoms with Crippen LogP contribution in [-0.4, -0.2) is 33.7 Å². The summed E-state index contributed by atoms with van der Waals surface area (Å²) in [5, 5.41) is 2.80. The topological polar surface area (TPSA) is 66.5 Å². The molecule has 0 saturated heterocycles. The molecule has 134 valence electrons. The van der Waals surface area contributed by atoms with E-state index in [2.05, 4.69) is 5.32 Å². The molecule has 1 N–H and O–H groups in total. The fourth-order valence-corrected chi connectivity index (χ4v) is 3.53. The molecule has 0 radical (unpaired) electrons. The largest absolute Gasteiger partial charge is 0.354 e. The standard InChI is InChI=1S/C19H24N2O3S/c1-15-7-6-10-18(13-15)21(25(3,23)24)12-11-20-19(22)14-17-9-5-4-8-16(17)2/h4-10,13H,11-12,14H2,1-3H3,(H,20,22). The Morgan fingerprint density at radius 1 is 1.08 bits per heavy atom. The first-order valence-corrected chi connectivity index (χ1v) is 9.98. The molecule has 0 atom stereocenters. The highest BCUT2D eigenvalue weighted by atomic mass is 32.2. The summed E-state index contributed by atoms with van der Waals surface area (Å²) in [6.07, 6.45) is 1.46. The number of sulfonamides is 1. The number of hydrogen-bond donors (Lipinski definition) is 1.